The number of aryl methyl sites for hydroxylation is 1. The molecule has 4 rings (SSSR count). The third-order valence-corrected chi connectivity index (χ3v) is 5.76. The molecular weight excluding hydrogens is 501 g/mol. The minimum Gasteiger partial charge on any atom is -0.467 e. The molecule has 1 atom stereocenters. The number of halogens is 3. The van der Waals surface area contributed by atoms with Crippen LogP contribution in [0, 0.1) is 0 Å². The fourth-order valence-corrected chi connectivity index (χ4v) is 4.02. The first kappa shape index (κ1) is 26.6. The summed E-state index contributed by atoms with van der Waals surface area (Å²) in [6, 6.07) is 17.5. The summed E-state index contributed by atoms with van der Waals surface area (Å²) in [4.78, 5) is 34.1. The van der Waals surface area contributed by atoms with Gasteiger partial charge >= 0.3 is 12.3 Å². The first-order chi connectivity index (χ1) is 18.2. The van der Waals surface area contributed by atoms with Crippen molar-refractivity contribution in [3.8, 4) is 5.75 Å². The van der Waals surface area contributed by atoms with Crippen molar-refractivity contribution >= 4 is 23.0 Å². The summed E-state index contributed by atoms with van der Waals surface area (Å²) in [6.07, 6.45) is -2.58. The van der Waals surface area contributed by atoms with Crippen LogP contribution in [-0.4, -0.2) is 45.9 Å². The van der Waals surface area contributed by atoms with Crippen molar-refractivity contribution in [2.75, 3.05) is 7.11 Å². The molecular formula is C27H25F3N4O4. The van der Waals surface area contributed by atoms with Gasteiger partial charge in [0, 0.05) is 25.5 Å². The van der Waals surface area contributed by atoms with Crippen LogP contribution in [0.2, 0.25) is 0 Å². The largest absolute Gasteiger partial charge is 0.573 e. The Balaban J connectivity index is 1.47. The summed E-state index contributed by atoms with van der Waals surface area (Å²) in [5.74, 6) is -0.641. The number of aromatic nitrogens is 3. The molecule has 0 radical (unpaired) electrons. The fraction of sp³-hybridized carbons (Fsp3) is 0.259. The van der Waals surface area contributed by atoms with Crippen LogP contribution in [0.15, 0.2) is 72.9 Å². The van der Waals surface area contributed by atoms with Gasteiger partial charge < -0.3 is 19.4 Å². The first-order valence-electron chi connectivity index (χ1n) is 11.8. The van der Waals surface area contributed by atoms with Gasteiger partial charge in [-0.05, 0) is 35.4 Å². The number of hydrogen-bond donors (Lipinski definition) is 1. The maximum atomic E-state index is 12.8. The molecule has 1 amide bonds. The molecule has 0 spiro atoms. The molecule has 2 aromatic heterocycles. The highest BCUT2D eigenvalue weighted by atomic mass is 19.4. The van der Waals surface area contributed by atoms with Gasteiger partial charge in [0.1, 0.15) is 23.1 Å². The van der Waals surface area contributed by atoms with E-state index in [0.717, 1.165) is 5.56 Å². The maximum Gasteiger partial charge on any atom is 0.573 e. The molecule has 0 saturated heterocycles. The van der Waals surface area contributed by atoms with Crippen LogP contribution in [0.3, 0.4) is 0 Å². The number of methoxy groups -OCH3 is 1. The number of ether oxygens (including phenoxy) is 2. The average Bonchev–Trinajstić information content (AvgIpc) is 3.24. The second-order valence-corrected chi connectivity index (χ2v) is 8.49. The molecule has 11 heteroatoms. The lowest BCUT2D eigenvalue weighted by Crippen LogP contribution is -2.43. The van der Waals surface area contributed by atoms with Gasteiger partial charge in [0.2, 0.25) is 5.91 Å². The van der Waals surface area contributed by atoms with E-state index in [-0.39, 0.29) is 37.5 Å². The standard InChI is InChI=1S/C27H25F3N4O4/c1-37-26(36)22(16-18-6-3-2-4-7-18)33-24(35)14-13-23-32-21-8-5-15-31-25(21)34(23)17-19-9-11-20(12-10-19)38-27(28,29)30/h2-12,15,22H,13-14,16-17H2,1H3,(H,33,35)/t22-/m1/s1. The SMILES string of the molecule is COC(=O)[C@@H](Cc1ccccc1)NC(=O)CCc1nc2cccnc2n1Cc1ccc(OC(F)(F)F)cc1. The summed E-state index contributed by atoms with van der Waals surface area (Å²) in [6.45, 7) is 0.273. The van der Waals surface area contributed by atoms with Gasteiger partial charge in [-0.2, -0.15) is 0 Å². The number of nitrogens with zero attached hydrogens (tertiary/aromatic N) is 3. The predicted molar refractivity (Wildman–Crippen MR) is 132 cm³/mol. The Morgan fingerprint density at radius 2 is 1.74 bits per heavy atom. The van der Waals surface area contributed by atoms with Crippen LogP contribution in [0.5, 0.6) is 5.75 Å². The Morgan fingerprint density at radius 3 is 2.42 bits per heavy atom. The second-order valence-electron chi connectivity index (χ2n) is 8.49. The molecule has 2 heterocycles. The minimum atomic E-state index is -4.77. The van der Waals surface area contributed by atoms with E-state index in [9.17, 15) is 22.8 Å². The Hall–Kier alpha value is -4.41. The Morgan fingerprint density at radius 1 is 1.00 bits per heavy atom. The third kappa shape index (κ3) is 7.09. The lowest BCUT2D eigenvalue weighted by Gasteiger charge is -2.17. The molecule has 38 heavy (non-hydrogen) atoms. The number of hydrogen-bond acceptors (Lipinski definition) is 6. The number of benzene rings is 2. The quantitative estimate of drug-likeness (QED) is 0.311. The Kier molecular flexibility index (Phi) is 8.25. The summed E-state index contributed by atoms with van der Waals surface area (Å²) < 4.78 is 48.0. The van der Waals surface area contributed by atoms with Crippen LogP contribution in [0.25, 0.3) is 11.2 Å². The van der Waals surface area contributed by atoms with Crippen molar-refractivity contribution < 1.29 is 32.2 Å². The van der Waals surface area contributed by atoms with Crippen molar-refractivity contribution in [1.82, 2.24) is 19.9 Å². The molecule has 0 aliphatic carbocycles. The van der Waals surface area contributed by atoms with E-state index < -0.39 is 18.4 Å². The lowest BCUT2D eigenvalue weighted by molar-refractivity contribution is -0.274. The molecule has 0 bridgehead atoms. The van der Waals surface area contributed by atoms with Crippen LogP contribution in [0.4, 0.5) is 13.2 Å². The number of esters is 1. The van der Waals surface area contributed by atoms with Crippen molar-refractivity contribution in [3.05, 3.63) is 89.9 Å². The summed E-state index contributed by atoms with van der Waals surface area (Å²) >= 11 is 0. The molecule has 4 aromatic rings. The summed E-state index contributed by atoms with van der Waals surface area (Å²) in [5, 5.41) is 2.74. The number of carbonyl (C=O) groups excluding carboxylic acids is 2. The van der Waals surface area contributed by atoms with E-state index >= 15 is 0 Å². The number of imidazole rings is 1. The van der Waals surface area contributed by atoms with E-state index in [0.29, 0.717) is 22.6 Å². The topological polar surface area (TPSA) is 95.3 Å². The molecule has 198 valence electrons. The molecule has 2 aromatic carbocycles. The Bertz CT molecular complexity index is 1390. The zero-order chi connectivity index (χ0) is 27.1. The van der Waals surface area contributed by atoms with Crippen LogP contribution in [0.1, 0.15) is 23.4 Å². The predicted octanol–water partition coefficient (Wildman–Crippen LogP) is 4.21. The number of rotatable bonds is 10. The van der Waals surface area contributed by atoms with Crippen LogP contribution < -0.4 is 10.1 Å². The highest BCUT2D eigenvalue weighted by Crippen LogP contribution is 2.24. The first-order valence-corrected chi connectivity index (χ1v) is 11.8. The van der Waals surface area contributed by atoms with Gasteiger partial charge in [-0.15, -0.1) is 13.2 Å². The highest BCUT2D eigenvalue weighted by molar-refractivity contribution is 5.84. The smallest absolute Gasteiger partial charge is 0.467 e. The monoisotopic (exact) mass is 526 g/mol. The zero-order valence-electron chi connectivity index (χ0n) is 20.4. The van der Waals surface area contributed by atoms with Gasteiger partial charge in [0.25, 0.3) is 0 Å². The van der Waals surface area contributed by atoms with E-state index in [4.69, 9.17) is 4.74 Å². The summed E-state index contributed by atoms with van der Waals surface area (Å²) in [7, 11) is 1.27. The van der Waals surface area contributed by atoms with Gasteiger partial charge in [-0.25, -0.2) is 14.8 Å². The van der Waals surface area contributed by atoms with Gasteiger partial charge in [-0.3, -0.25) is 4.79 Å². The molecule has 0 aliphatic rings. The summed E-state index contributed by atoms with van der Waals surface area (Å²) in [5.41, 5.74) is 2.78. The average molecular weight is 527 g/mol. The third-order valence-electron chi connectivity index (χ3n) is 5.76. The van der Waals surface area contributed by atoms with Crippen molar-refractivity contribution in [3.63, 3.8) is 0 Å². The van der Waals surface area contributed by atoms with Gasteiger partial charge in [-0.1, -0.05) is 42.5 Å². The number of carbonyl (C=O) groups is 2. The van der Waals surface area contributed by atoms with E-state index in [2.05, 4.69) is 20.0 Å². The highest BCUT2D eigenvalue weighted by Gasteiger charge is 2.31. The van der Waals surface area contributed by atoms with Crippen molar-refractivity contribution in [2.45, 2.75) is 38.2 Å². The number of amides is 1. The van der Waals surface area contributed by atoms with E-state index in [1.165, 1.54) is 31.4 Å². The Labute approximate surface area is 216 Å². The second kappa shape index (κ2) is 11.8. The zero-order valence-corrected chi connectivity index (χ0v) is 20.4. The van der Waals surface area contributed by atoms with Crippen LogP contribution >= 0.6 is 0 Å². The number of pyridine rings is 1. The molecule has 0 saturated carbocycles. The van der Waals surface area contributed by atoms with E-state index in [1.54, 1.807) is 18.3 Å². The molecule has 0 aliphatic heterocycles. The lowest BCUT2D eigenvalue weighted by atomic mass is 10.1. The molecule has 8 nitrogen and oxygen atoms in total. The van der Waals surface area contributed by atoms with Gasteiger partial charge in [0.15, 0.2) is 5.65 Å². The van der Waals surface area contributed by atoms with Crippen molar-refractivity contribution in [1.29, 1.82) is 0 Å². The van der Waals surface area contributed by atoms with E-state index in [1.807, 2.05) is 34.9 Å². The van der Waals surface area contributed by atoms with Crippen LogP contribution in [-0.2, 0) is 33.7 Å². The number of fused-ring (bicyclic) bond motifs is 1. The van der Waals surface area contributed by atoms with Gasteiger partial charge in [0.05, 0.1) is 13.7 Å². The number of alkyl halides is 3. The van der Waals surface area contributed by atoms with Crippen molar-refractivity contribution in [2.24, 2.45) is 0 Å². The molecule has 0 unspecified atom stereocenters. The normalized spacial score (nSPS) is 12.2. The molecule has 0 fully saturated rings. The minimum absolute atomic E-state index is 0.0456. The fourth-order valence-electron chi connectivity index (χ4n) is 4.02. The molecule has 1 N–H and O–H groups in total. The number of nitrogens with one attached hydrogen (secondary N) is 1. The maximum absolute atomic E-state index is 12.8.